The number of halogens is 3. The summed E-state index contributed by atoms with van der Waals surface area (Å²) in [5.74, 6) is 1.07. The Hall–Kier alpha value is -1.04. The Morgan fingerprint density at radius 3 is 2.34 bits per heavy atom. The van der Waals surface area contributed by atoms with Crippen molar-refractivity contribution in [2.45, 2.75) is 131 Å². The van der Waals surface area contributed by atoms with Gasteiger partial charge in [0.25, 0.3) is 0 Å². The number of carbonyl (C=O) groups excluding carboxylic acids is 1. The summed E-state index contributed by atoms with van der Waals surface area (Å²) in [7, 11) is 0. The van der Waals surface area contributed by atoms with E-state index in [2.05, 4.69) is 26.8 Å². The molecule has 0 spiro atoms. The molecule has 4 rings (SSSR count). The van der Waals surface area contributed by atoms with Crippen LogP contribution >= 0.6 is 0 Å². The van der Waals surface area contributed by atoms with Gasteiger partial charge in [0.05, 0.1) is 11.5 Å². The number of fused-ring (bicyclic) bond motifs is 5. The van der Waals surface area contributed by atoms with Crippen LogP contribution in [0.15, 0.2) is 11.6 Å². The van der Waals surface area contributed by atoms with E-state index in [0.717, 1.165) is 44.9 Å². The van der Waals surface area contributed by atoms with Crippen LogP contribution in [0.1, 0.15) is 113 Å². The monoisotopic (exact) mass is 540 g/mol. The van der Waals surface area contributed by atoms with E-state index in [1.165, 1.54) is 12.0 Å². The lowest BCUT2D eigenvalue weighted by Crippen LogP contribution is -2.52. The Balaban J connectivity index is 1.43. The second-order valence-electron chi connectivity index (χ2n) is 14.7. The van der Waals surface area contributed by atoms with E-state index in [1.807, 2.05) is 20.8 Å². The summed E-state index contributed by atoms with van der Waals surface area (Å²) in [6, 6.07) is 0. The zero-order valence-electron chi connectivity index (χ0n) is 24.7. The van der Waals surface area contributed by atoms with Crippen LogP contribution in [0.3, 0.4) is 0 Å². The minimum Gasteiger partial charge on any atom is -0.452 e. The van der Waals surface area contributed by atoms with Crippen LogP contribution in [0.4, 0.5) is 13.2 Å². The SMILES string of the molecule is CC(C)C(C)C(=O)O[C@H](CC[C@@H](C)[C@H]1CC[C@H]2[C@@H]3CC=C4C[C@@](C)(O)CC[C@]4(C)[C@H]3CC[C@]12C)C(F)(F)F. The van der Waals surface area contributed by atoms with Gasteiger partial charge in [-0.3, -0.25) is 4.79 Å². The first-order chi connectivity index (χ1) is 17.5. The minimum absolute atomic E-state index is 0.0597. The maximum Gasteiger partial charge on any atom is 0.425 e. The van der Waals surface area contributed by atoms with Gasteiger partial charge in [-0.15, -0.1) is 0 Å². The number of hydrogen-bond donors (Lipinski definition) is 1. The number of hydrogen-bond acceptors (Lipinski definition) is 3. The first kappa shape index (κ1) is 29.9. The number of rotatable bonds is 7. The highest BCUT2D eigenvalue weighted by Crippen LogP contribution is 2.67. The highest BCUT2D eigenvalue weighted by molar-refractivity contribution is 5.72. The molecule has 10 atom stereocenters. The Kier molecular flexibility index (Phi) is 8.20. The smallest absolute Gasteiger partial charge is 0.425 e. The van der Waals surface area contributed by atoms with Crippen molar-refractivity contribution in [1.82, 2.24) is 0 Å². The molecular formula is C32H51F3O3. The van der Waals surface area contributed by atoms with E-state index in [-0.39, 0.29) is 29.1 Å². The van der Waals surface area contributed by atoms with Crippen LogP contribution in [-0.4, -0.2) is 29.0 Å². The molecule has 0 aromatic heterocycles. The van der Waals surface area contributed by atoms with Crippen molar-refractivity contribution in [3.8, 4) is 0 Å². The first-order valence-corrected chi connectivity index (χ1v) is 15.2. The van der Waals surface area contributed by atoms with E-state index in [1.54, 1.807) is 6.92 Å². The summed E-state index contributed by atoms with van der Waals surface area (Å²) in [6.07, 6.45) is 4.45. The summed E-state index contributed by atoms with van der Waals surface area (Å²) in [5, 5.41) is 10.7. The molecule has 1 N–H and O–H groups in total. The van der Waals surface area contributed by atoms with Crippen molar-refractivity contribution in [2.24, 2.45) is 52.3 Å². The topological polar surface area (TPSA) is 46.5 Å². The van der Waals surface area contributed by atoms with Crippen molar-refractivity contribution in [2.75, 3.05) is 0 Å². The average molecular weight is 541 g/mol. The highest BCUT2D eigenvalue weighted by Gasteiger charge is 2.59. The zero-order chi connectivity index (χ0) is 28.3. The molecule has 4 aliphatic carbocycles. The Labute approximate surface area is 228 Å². The number of carbonyl (C=O) groups is 1. The summed E-state index contributed by atoms with van der Waals surface area (Å²) >= 11 is 0. The maximum absolute atomic E-state index is 13.8. The quantitative estimate of drug-likeness (QED) is 0.260. The standard InChI is InChI=1S/C32H51F3O3/c1-19(2)21(4)28(36)38-27(32(33,34)35)13-8-20(3)24-11-12-25-23-10-9-22-18-29(5,37)16-17-30(22,6)26(23)14-15-31(24,25)7/h9,19-21,23-27,37H,8,10-18H2,1-7H3/t20-,21?,23+,24-,25+,26+,27-,29+,30+,31-/m1/s1. The summed E-state index contributed by atoms with van der Waals surface area (Å²) < 4.78 is 46.5. The van der Waals surface area contributed by atoms with Gasteiger partial charge in [0.2, 0.25) is 0 Å². The van der Waals surface area contributed by atoms with Crippen LogP contribution < -0.4 is 0 Å². The predicted molar refractivity (Wildman–Crippen MR) is 144 cm³/mol. The van der Waals surface area contributed by atoms with E-state index in [9.17, 15) is 23.1 Å². The fraction of sp³-hybridized carbons (Fsp3) is 0.906. The first-order valence-electron chi connectivity index (χ1n) is 15.2. The van der Waals surface area contributed by atoms with Gasteiger partial charge in [0.1, 0.15) is 0 Å². The lowest BCUT2D eigenvalue weighted by atomic mass is 9.46. The molecule has 0 amide bonds. The van der Waals surface area contributed by atoms with Gasteiger partial charge in [-0.05, 0) is 117 Å². The fourth-order valence-corrected chi connectivity index (χ4v) is 9.20. The molecule has 3 fully saturated rings. The van der Waals surface area contributed by atoms with Crippen LogP contribution in [0.2, 0.25) is 0 Å². The van der Waals surface area contributed by atoms with Crippen molar-refractivity contribution in [1.29, 1.82) is 0 Å². The normalized spacial score (nSPS) is 41.4. The van der Waals surface area contributed by atoms with Gasteiger partial charge < -0.3 is 9.84 Å². The second kappa shape index (κ2) is 10.4. The van der Waals surface area contributed by atoms with E-state index < -0.39 is 29.8 Å². The molecule has 1 unspecified atom stereocenters. The maximum atomic E-state index is 13.8. The van der Waals surface area contributed by atoms with Gasteiger partial charge in [-0.1, -0.05) is 53.2 Å². The van der Waals surface area contributed by atoms with Crippen molar-refractivity contribution in [3.05, 3.63) is 11.6 Å². The lowest BCUT2D eigenvalue weighted by Gasteiger charge is -2.59. The van der Waals surface area contributed by atoms with Crippen molar-refractivity contribution < 1.29 is 27.8 Å². The van der Waals surface area contributed by atoms with Gasteiger partial charge >= 0.3 is 12.1 Å². The number of allylic oxidation sites excluding steroid dienone is 1. The molecule has 0 heterocycles. The predicted octanol–water partition coefficient (Wildman–Crippen LogP) is 8.50. The van der Waals surface area contributed by atoms with Gasteiger partial charge in [0.15, 0.2) is 6.10 Å². The molecule has 38 heavy (non-hydrogen) atoms. The third-order valence-electron chi connectivity index (χ3n) is 12.0. The zero-order valence-corrected chi connectivity index (χ0v) is 24.7. The molecule has 218 valence electrons. The van der Waals surface area contributed by atoms with E-state index in [4.69, 9.17) is 4.74 Å². The molecule has 6 heteroatoms. The minimum atomic E-state index is -4.54. The molecule has 3 nitrogen and oxygen atoms in total. The third kappa shape index (κ3) is 5.46. The largest absolute Gasteiger partial charge is 0.452 e. The molecule has 0 aromatic carbocycles. The molecule has 0 radical (unpaired) electrons. The fourth-order valence-electron chi connectivity index (χ4n) is 9.20. The molecule has 3 saturated carbocycles. The Morgan fingerprint density at radius 2 is 1.71 bits per heavy atom. The van der Waals surface area contributed by atoms with Crippen LogP contribution in [0, 0.1) is 52.3 Å². The Morgan fingerprint density at radius 1 is 1.03 bits per heavy atom. The van der Waals surface area contributed by atoms with Gasteiger partial charge in [-0.25, -0.2) is 0 Å². The van der Waals surface area contributed by atoms with E-state index >= 15 is 0 Å². The number of ether oxygens (including phenoxy) is 1. The van der Waals surface area contributed by atoms with Crippen molar-refractivity contribution >= 4 is 5.97 Å². The van der Waals surface area contributed by atoms with Crippen molar-refractivity contribution in [3.63, 3.8) is 0 Å². The van der Waals surface area contributed by atoms with E-state index in [0.29, 0.717) is 30.1 Å². The van der Waals surface area contributed by atoms with Gasteiger partial charge in [-0.2, -0.15) is 13.2 Å². The number of esters is 1. The lowest BCUT2D eigenvalue weighted by molar-refractivity contribution is -0.226. The van der Waals surface area contributed by atoms with Crippen LogP contribution in [0.25, 0.3) is 0 Å². The highest BCUT2D eigenvalue weighted by atomic mass is 19.4. The summed E-state index contributed by atoms with van der Waals surface area (Å²) in [6.45, 7) is 14.2. The number of aliphatic hydroxyl groups is 1. The van der Waals surface area contributed by atoms with Crippen LogP contribution in [0.5, 0.6) is 0 Å². The summed E-state index contributed by atoms with van der Waals surface area (Å²) in [5.41, 5.74) is 1.19. The molecule has 0 bridgehead atoms. The number of alkyl halides is 3. The summed E-state index contributed by atoms with van der Waals surface area (Å²) in [4.78, 5) is 12.3. The molecule has 0 aromatic rings. The molecule has 0 aliphatic heterocycles. The van der Waals surface area contributed by atoms with Crippen LogP contribution in [-0.2, 0) is 9.53 Å². The molecule has 0 saturated heterocycles. The third-order valence-corrected chi connectivity index (χ3v) is 12.0. The second-order valence-corrected chi connectivity index (χ2v) is 14.7. The molecular weight excluding hydrogens is 489 g/mol. The van der Waals surface area contributed by atoms with Gasteiger partial charge in [0, 0.05) is 0 Å². The molecule has 4 aliphatic rings. The Bertz CT molecular complexity index is 908. The average Bonchev–Trinajstić information content (AvgIpc) is 3.17.